The summed E-state index contributed by atoms with van der Waals surface area (Å²) in [6.45, 7) is 0. The molecule has 4 rings (SSSR count). The van der Waals surface area contributed by atoms with Crippen molar-refractivity contribution in [3.63, 3.8) is 0 Å². The first-order valence-electron chi connectivity index (χ1n) is 8.81. The lowest BCUT2D eigenvalue weighted by atomic mass is 10.1. The van der Waals surface area contributed by atoms with Gasteiger partial charge >= 0.3 is 0 Å². The Hall–Kier alpha value is -3.82. The van der Waals surface area contributed by atoms with E-state index >= 15 is 0 Å². The van der Waals surface area contributed by atoms with E-state index in [-0.39, 0.29) is 10.6 Å². The van der Waals surface area contributed by atoms with Crippen molar-refractivity contribution in [2.75, 3.05) is 0 Å². The quantitative estimate of drug-likeness (QED) is 0.244. The van der Waals surface area contributed by atoms with Crippen molar-refractivity contribution in [1.29, 1.82) is 0 Å². The van der Waals surface area contributed by atoms with Gasteiger partial charge in [0, 0.05) is 16.5 Å². The Balaban J connectivity index is 2.07. The first kappa shape index (κ1) is 18.5. The summed E-state index contributed by atoms with van der Waals surface area (Å²) in [7, 11) is -3.93. The third kappa shape index (κ3) is 3.40. The first-order chi connectivity index (χ1) is 14.1. The molecule has 0 saturated carbocycles. The molecule has 0 unspecified atom stereocenters. The number of nitrogens with zero attached hydrogens (tertiary/aromatic N) is 2. The second-order valence-corrected chi connectivity index (χ2v) is 8.01. The standard InChI is InChI=1S/C23H16N2O3S/c26-24-17-21-20-13-7-8-14-22(20)25(29(27,28)19-11-5-2-6-12-19)23(21)16-15-18-9-3-1-4-10-18/h1-14,17,26H/b24-17+. The molecule has 0 atom stereocenters. The van der Waals surface area contributed by atoms with E-state index in [4.69, 9.17) is 0 Å². The molecule has 6 heteroatoms. The molecular formula is C23H16N2O3S. The molecule has 0 bridgehead atoms. The second kappa shape index (κ2) is 7.66. The second-order valence-electron chi connectivity index (χ2n) is 6.22. The molecule has 1 N–H and O–H groups in total. The van der Waals surface area contributed by atoms with Crippen LogP contribution < -0.4 is 0 Å². The minimum Gasteiger partial charge on any atom is -0.411 e. The molecule has 0 aliphatic heterocycles. The molecule has 0 aliphatic carbocycles. The van der Waals surface area contributed by atoms with E-state index in [9.17, 15) is 13.6 Å². The molecule has 0 radical (unpaired) electrons. The van der Waals surface area contributed by atoms with Crippen LogP contribution >= 0.6 is 0 Å². The Kier molecular flexibility index (Phi) is 4.90. The third-order valence-corrected chi connectivity index (χ3v) is 6.17. The summed E-state index contributed by atoms with van der Waals surface area (Å²) in [5.74, 6) is 5.99. The first-order valence-corrected chi connectivity index (χ1v) is 10.3. The molecular weight excluding hydrogens is 384 g/mol. The van der Waals surface area contributed by atoms with Crippen LogP contribution in [0.25, 0.3) is 10.9 Å². The smallest absolute Gasteiger partial charge is 0.269 e. The van der Waals surface area contributed by atoms with E-state index in [2.05, 4.69) is 17.0 Å². The number of hydrogen-bond acceptors (Lipinski definition) is 4. The lowest BCUT2D eigenvalue weighted by Crippen LogP contribution is -2.15. The van der Waals surface area contributed by atoms with Gasteiger partial charge in [0.15, 0.2) is 0 Å². The summed E-state index contributed by atoms with van der Waals surface area (Å²) in [5.41, 5.74) is 1.87. The molecule has 4 aromatic rings. The van der Waals surface area contributed by atoms with Crippen molar-refractivity contribution in [1.82, 2.24) is 3.97 Å². The number of benzene rings is 3. The number of para-hydroxylation sites is 1. The van der Waals surface area contributed by atoms with Gasteiger partial charge in [0.1, 0.15) is 5.69 Å². The molecule has 0 saturated heterocycles. The Morgan fingerprint density at radius 2 is 1.45 bits per heavy atom. The highest BCUT2D eigenvalue weighted by Gasteiger charge is 2.25. The number of hydrogen-bond donors (Lipinski definition) is 1. The minimum atomic E-state index is -3.93. The van der Waals surface area contributed by atoms with Gasteiger partial charge in [-0.15, -0.1) is 0 Å². The Bertz CT molecular complexity index is 1360. The highest BCUT2D eigenvalue weighted by molar-refractivity contribution is 7.90. The maximum Gasteiger partial charge on any atom is 0.269 e. The topological polar surface area (TPSA) is 71.7 Å². The zero-order valence-corrected chi connectivity index (χ0v) is 16.0. The summed E-state index contributed by atoms with van der Waals surface area (Å²) in [6.07, 6.45) is 1.22. The Labute approximate surface area is 168 Å². The molecule has 142 valence electrons. The van der Waals surface area contributed by atoms with Crippen LogP contribution in [0, 0.1) is 11.8 Å². The fraction of sp³-hybridized carbons (Fsp3) is 0. The average molecular weight is 400 g/mol. The summed E-state index contributed by atoms with van der Waals surface area (Å²) >= 11 is 0. The fourth-order valence-corrected chi connectivity index (χ4v) is 4.66. The summed E-state index contributed by atoms with van der Waals surface area (Å²) < 4.78 is 28.2. The zero-order valence-electron chi connectivity index (χ0n) is 15.2. The lowest BCUT2D eigenvalue weighted by molar-refractivity contribution is 0.322. The van der Waals surface area contributed by atoms with Crippen LogP contribution in [0.1, 0.15) is 16.8 Å². The normalized spacial score (nSPS) is 11.4. The number of aromatic nitrogens is 1. The number of fused-ring (bicyclic) bond motifs is 1. The van der Waals surface area contributed by atoms with Gasteiger partial charge in [-0.25, -0.2) is 12.4 Å². The minimum absolute atomic E-state index is 0.149. The van der Waals surface area contributed by atoms with Crippen LogP contribution in [0.5, 0.6) is 0 Å². The van der Waals surface area contributed by atoms with E-state index in [0.717, 1.165) is 5.56 Å². The maximum atomic E-state index is 13.5. The van der Waals surface area contributed by atoms with E-state index in [0.29, 0.717) is 16.5 Å². The molecule has 29 heavy (non-hydrogen) atoms. The van der Waals surface area contributed by atoms with E-state index < -0.39 is 10.0 Å². The van der Waals surface area contributed by atoms with Gasteiger partial charge in [0.05, 0.1) is 16.6 Å². The van der Waals surface area contributed by atoms with Gasteiger partial charge in [-0.05, 0) is 36.3 Å². The van der Waals surface area contributed by atoms with Crippen molar-refractivity contribution in [2.45, 2.75) is 4.90 Å². The van der Waals surface area contributed by atoms with Crippen molar-refractivity contribution in [3.05, 3.63) is 102 Å². The summed E-state index contributed by atoms with van der Waals surface area (Å²) in [5, 5.41) is 12.9. The highest BCUT2D eigenvalue weighted by atomic mass is 32.2. The van der Waals surface area contributed by atoms with Crippen LogP contribution in [-0.2, 0) is 10.0 Å². The van der Waals surface area contributed by atoms with Gasteiger partial charge < -0.3 is 5.21 Å². The SMILES string of the molecule is O=S(=O)(c1ccccc1)n1c(C#Cc2ccccc2)c(/C=N/O)c2ccccc21. The van der Waals surface area contributed by atoms with Crippen molar-refractivity contribution in [2.24, 2.45) is 5.16 Å². The van der Waals surface area contributed by atoms with Gasteiger partial charge in [-0.2, -0.15) is 0 Å². The third-order valence-electron chi connectivity index (χ3n) is 4.44. The number of rotatable bonds is 3. The van der Waals surface area contributed by atoms with E-state index in [1.165, 1.54) is 22.3 Å². The van der Waals surface area contributed by atoms with Gasteiger partial charge in [-0.3, -0.25) is 0 Å². The van der Waals surface area contributed by atoms with Crippen LogP contribution in [0.2, 0.25) is 0 Å². The van der Waals surface area contributed by atoms with Crippen LogP contribution in [0.4, 0.5) is 0 Å². The van der Waals surface area contributed by atoms with Crippen LogP contribution in [0.3, 0.4) is 0 Å². The largest absolute Gasteiger partial charge is 0.411 e. The molecule has 1 aromatic heterocycles. The Morgan fingerprint density at radius 1 is 0.828 bits per heavy atom. The lowest BCUT2D eigenvalue weighted by Gasteiger charge is -2.09. The molecule has 0 aliphatic rings. The van der Waals surface area contributed by atoms with Crippen molar-refractivity contribution >= 4 is 27.1 Å². The van der Waals surface area contributed by atoms with Crippen molar-refractivity contribution in [3.8, 4) is 11.8 Å². The van der Waals surface area contributed by atoms with E-state index in [1.807, 2.05) is 30.3 Å². The van der Waals surface area contributed by atoms with Gasteiger partial charge in [0.25, 0.3) is 10.0 Å². The molecule has 5 nitrogen and oxygen atoms in total. The predicted octanol–water partition coefficient (Wildman–Crippen LogP) is 4.09. The van der Waals surface area contributed by atoms with Gasteiger partial charge in [-0.1, -0.05) is 65.7 Å². The maximum absolute atomic E-state index is 13.5. The monoisotopic (exact) mass is 400 g/mol. The Morgan fingerprint density at radius 3 is 2.14 bits per heavy atom. The highest BCUT2D eigenvalue weighted by Crippen LogP contribution is 2.29. The molecule has 1 heterocycles. The molecule has 0 amide bonds. The fourth-order valence-electron chi connectivity index (χ4n) is 3.14. The molecule has 0 fully saturated rings. The summed E-state index contributed by atoms with van der Waals surface area (Å²) in [6, 6.07) is 24.5. The number of oxime groups is 1. The average Bonchev–Trinajstić information content (AvgIpc) is 3.08. The van der Waals surface area contributed by atoms with Crippen molar-refractivity contribution < 1.29 is 13.6 Å². The predicted molar refractivity (Wildman–Crippen MR) is 113 cm³/mol. The van der Waals surface area contributed by atoms with E-state index in [1.54, 1.807) is 42.5 Å². The molecule has 3 aromatic carbocycles. The zero-order chi connectivity index (χ0) is 20.3. The van der Waals surface area contributed by atoms with Crippen LogP contribution in [0.15, 0.2) is 95.0 Å². The molecule has 0 spiro atoms. The summed E-state index contributed by atoms with van der Waals surface area (Å²) in [4.78, 5) is 0.149. The van der Waals surface area contributed by atoms with Gasteiger partial charge in [0.2, 0.25) is 0 Å². The van der Waals surface area contributed by atoms with Crippen LogP contribution in [-0.4, -0.2) is 23.8 Å².